The Morgan fingerprint density at radius 3 is 2.43 bits per heavy atom. The third-order valence-electron chi connectivity index (χ3n) is 5.60. The average molecular weight is 320 g/mol. The van der Waals surface area contributed by atoms with Gasteiger partial charge in [-0.1, -0.05) is 37.8 Å². The van der Waals surface area contributed by atoms with Crippen LogP contribution in [0.15, 0.2) is 4.52 Å². The van der Waals surface area contributed by atoms with Gasteiger partial charge in [0.05, 0.1) is 6.54 Å². The molecule has 1 aromatic rings. The van der Waals surface area contributed by atoms with Crippen molar-refractivity contribution in [1.82, 2.24) is 19.9 Å². The van der Waals surface area contributed by atoms with Crippen LogP contribution in [0.5, 0.6) is 0 Å². The zero-order valence-corrected chi connectivity index (χ0v) is 14.9. The Balaban J connectivity index is 1.64. The molecule has 0 amide bonds. The summed E-state index contributed by atoms with van der Waals surface area (Å²) in [6.45, 7) is 6.54. The molecule has 1 saturated carbocycles. The van der Waals surface area contributed by atoms with Gasteiger partial charge < -0.3 is 4.52 Å². The monoisotopic (exact) mass is 320 g/mol. The minimum atomic E-state index is 0.380. The van der Waals surface area contributed by atoms with Gasteiger partial charge in [-0.2, -0.15) is 4.98 Å². The zero-order valence-electron chi connectivity index (χ0n) is 14.9. The first kappa shape index (κ1) is 16.9. The Hall–Kier alpha value is -0.940. The molecule has 1 aliphatic carbocycles. The van der Waals surface area contributed by atoms with Crippen LogP contribution in [-0.2, 0) is 13.0 Å². The van der Waals surface area contributed by atoms with Crippen molar-refractivity contribution in [2.45, 2.75) is 76.8 Å². The second-order valence-corrected chi connectivity index (χ2v) is 7.46. The molecule has 0 N–H and O–H groups in total. The van der Waals surface area contributed by atoms with E-state index in [1.54, 1.807) is 0 Å². The number of hydrogen-bond acceptors (Lipinski definition) is 5. The van der Waals surface area contributed by atoms with E-state index in [1.807, 2.05) is 6.92 Å². The van der Waals surface area contributed by atoms with E-state index in [1.165, 1.54) is 64.5 Å². The maximum absolute atomic E-state index is 5.25. The molecule has 2 aliphatic rings. The highest BCUT2D eigenvalue weighted by atomic mass is 16.5. The number of hydrogen-bond donors (Lipinski definition) is 0. The lowest BCUT2D eigenvalue weighted by Crippen LogP contribution is -2.57. The van der Waals surface area contributed by atoms with Crippen LogP contribution < -0.4 is 0 Å². The number of aromatic nitrogens is 2. The third-order valence-corrected chi connectivity index (χ3v) is 5.60. The highest BCUT2D eigenvalue weighted by molar-refractivity contribution is 4.97. The van der Waals surface area contributed by atoms with Crippen molar-refractivity contribution in [2.24, 2.45) is 0 Å². The minimum absolute atomic E-state index is 0.380. The zero-order chi connectivity index (χ0) is 16.1. The van der Waals surface area contributed by atoms with E-state index in [4.69, 9.17) is 4.52 Å². The van der Waals surface area contributed by atoms with Crippen LogP contribution in [0, 0.1) is 0 Å². The molecule has 0 radical (unpaired) electrons. The summed E-state index contributed by atoms with van der Waals surface area (Å²) in [6.07, 6.45) is 11.8. The Morgan fingerprint density at radius 2 is 1.78 bits per heavy atom. The van der Waals surface area contributed by atoms with Gasteiger partial charge in [0.15, 0.2) is 5.82 Å². The number of rotatable bonds is 6. The van der Waals surface area contributed by atoms with Crippen molar-refractivity contribution in [3.05, 3.63) is 11.7 Å². The van der Waals surface area contributed by atoms with Gasteiger partial charge in [-0.3, -0.25) is 9.80 Å². The fraction of sp³-hybridized carbons (Fsp3) is 0.889. The van der Waals surface area contributed by atoms with Crippen molar-refractivity contribution < 1.29 is 4.52 Å². The molecule has 5 heteroatoms. The normalized spacial score (nSPS) is 22.6. The molecule has 5 nitrogen and oxygen atoms in total. The summed E-state index contributed by atoms with van der Waals surface area (Å²) in [4.78, 5) is 9.68. The first-order valence-corrected chi connectivity index (χ1v) is 9.47. The number of nitrogens with zero attached hydrogens (tertiary/aromatic N) is 4. The van der Waals surface area contributed by atoms with Crippen LogP contribution in [0.25, 0.3) is 0 Å². The molecular formula is C18H32N4O. The van der Waals surface area contributed by atoms with E-state index < -0.39 is 0 Å². The van der Waals surface area contributed by atoms with Crippen LogP contribution in [0.3, 0.4) is 0 Å². The fourth-order valence-corrected chi connectivity index (χ4v) is 4.45. The fourth-order valence-electron chi connectivity index (χ4n) is 4.45. The maximum Gasteiger partial charge on any atom is 0.226 e. The Bertz CT molecular complexity index is 475. The Kier molecular flexibility index (Phi) is 5.70. The maximum atomic E-state index is 5.25. The predicted molar refractivity (Wildman–Crippen MR) is 91.3 cm³/mol. The molecule has 3 rings (SSSR count). The molecule has 1 saturated heterocycles. The van der Waals surface area contributed by atoms with Crippen LogP contribution in [0.2, 0.25) is 0 Å². The molecule has 0 bridgehead atoms. The molecular weight excluding hydrogens is 288 g/mol. The molecule has 0 spiro atoms. The summed E-state index contributed by atoms with van der Waals surface area (Å²) >= 11 is 0. The highest BCUT2D eigenvalue weighted by Gasteiger charge is 2.39. The minimum Gasteiger partial charge on any atom is -0.339 e. The Morgan fingerprint density at radius 1 is 1.09 bits per heavy atom. The molecule has 0 aromatic carbocycles. The lowest BCUT2D eigenvalue weighted by molar-refractivity contribution is 0.00732. The van der Waals surface area contributed by atoms with Crippen LogP contribution in [-0.4, -0.2) is 52.2 Å². The second kappa shape index (κ2) is 7.75. The number of piperidine rings is 1. The van der Waals surface area contributed by atoms with E-state index in [2.05, 4.69) is 27.0 Å². The van der Waals surface area contributed by atoms with Crippen molar-refractivity contribution in [3.8, 4) is 0 Å². The van der Waals surface area contributed by atoms with Crippen molar-refractivity contribution in [2.75, 3.05) is 26.7 Å². The largest absolute Gasteiger partial charge is 0.339 e. The predicted octanol–water partition coefficient (Wildman–Crippen LogP) is 3.25. The summed E-state index contributed by atoms with van der Waals surface area (Å²) < 4.78 is 5.25. The SMILES string of the molecule is CCc1nc(CN(C)CC2(N3CCCCC3)CCCCC2)no1. The van der Waals surface area contributed by atoms with Crippen molar-refractivity contribution >= 4 is 0 Å². The second-order valence-electron chi connectivity index (χ2n) is 7.46. The average Bonchev–Trinajstić information content (AvgIpc) is 3.04. The number of likely N-dealkylation sites (N-methyl/N-ethyl adjacent to an activating group) is 1. The molecule has 130 valence electrons. The summed E-state index contributed by atoms with van der Waals surface area (Å²) in [5, 5.41) is 4.11. The van der Waals surface area contributed by atoms with Crippen LogP contribution in [0.4, 0.5) is 0 Å². The van der Waals surface area contributed by atoms with Gasteiger partial charge in [0.25, 0.3) is 0 Å². The van der Waals surface area contributed by atoms with Gasteiger partial charge in [0, 0.05) is 18.5 Å². The highest BCUT2D eigenvalue weighted by Crippen LogP contribution is 2.36. The molecule has 1 aliphatic heterocycles. The third kappa shape index (κ3) is 4.13. The van der Waals surface area contributed by atoms with E-state index >= 15 is 0 Å². The quantitative estimate of drug-likeness (QED) is 0.805. The van der Waals surface area contributed by atoms with Crippen molar-refractivity contribution in [1.29, 1.82) is 0 Å². The summed E-state index contributed by atoms with van der Waals surface area (Å²) in [5.41, 5.74) is 0.380. The van der Waals surface area contributed by atoms with E-state index in [-0.39, 0.29) is 0 Å². The van der Waals surface area contributed by atoms with Gasteiger partial charge in [0.1, 0.15) is 0 Å². The van der Waals surface area contributed by atoms with Gasteiger partial charge in [-0.15, -0.1) is 0 Å². The van der Waals surface area contributed by atoms with E-state index in [9.17, 15) is 0 Å². The first-order valence-electron chi connectivity index (χ1n) is 9.47. The number of aryl methyl sites for hydroxylation is 1. The standard InChI is InChI=1S/C18H32N4O/c1-3-17-19-16(20-23-17)14-21(2)15-18(10-6-4-7-11-18)22-12-8-5-9-13-22/h3-15H2,1-2H3. The van der Waals surface area contributed by atoms with Gasteiger partial charge in [-0.05, 0) is 45.8 Å². The Labute approximate surface area is 140 Å². The molecule has 0 atom stereocenters. The van der Waals surface area contributed by atoms with Gasteiger partial charge in [-0.25, -0.2) is 0 Å². The van der Waals surface area contributed by atoms with Crippen LogP contribution >= 0.6 is 0 Å². The van der Waals surface area contributed by atoms with E-state index in [0.717, 1.165) is 31.2 Å². The first-order chi connectivity index (χ1) is 11.2. The van der Waals surface area contributed by atoms with Gasteiger partial charge >= 0.3 is 0 Å². The number of likely N-dealkylation sites (tertiary alicyclic amines) is 1. The lowest BCUT2D eigenvalue weighted by Gasteiger charge is -2.50. The molecule has 23 heavy (non-hydrogen) atoms. The van der Waals surface area contributed by atoms with Crippen LogP contribution in [0.1, 0.15) is 70.0 Å². The summed E-state index contributed by atoms with van der Waals surface area (Å²) in [5.74, 6) is 1.57. The molecule has 2 fully saturated rings. The van der Waals surface area contributed by atoms with Gasteiger partial charge in [0.2, 0.25) is 5.89 Å². The smallest absolute Gasteiger partial charge is 0.226 e. The summed E-state index contributed by atoms with van der Waals surface area (Å²) in [6, 6.07) is 0. The molecule has 1 aromatic heterocycles. The van der Waals surface area contributed by atoms with Crippen molar-refractivity contribution in [3.63, 3.8) is 0 Å². The molecule has 2 heterocycles. The lowest BCUT2D eigenvalue weighted by atomic mass is 9.79. The molecule has 0 unspecified atom stereocenters. The topological polar surface area (TPSA) is 45.4 Å². The van der Waals surface area contributed by atoms with E-state index in [0.29, 0.717) is 5.54 Å². The summed E-state index contributed by atoms with van der Waals surface area (Å²) in [7, 11) is 2.21.